The number of ether oxygens (including phenoxy) is 1. The number of hydrogen-bond donors (Lipinski definition) is 0. The Balaban J connectivity index is 1.68. The Labute approximate surface area is 169 Å². The average Bonchev–Trinajstić information content (AvgIpc) is 2.97. The zero-order valence-corrected chi connectivity index (χ0v) is 17.0. The lowest BCUT2D eigenvalue weighted by Crippen LogP contribution is -2.61. The average molecular weight is 421 g/mol. The van der Waals surface area contributed by atoms with E-state index in [2.05, 4.69) is 0 Å². The molecule has 0 spiro atoms. The largest absolute Gasteiger partial charge is 0.496 e. The van der Waals surface area contributed by atoms with Gasteiger partial charge < -0.3 is 9.64 Å². The van der Waals surface area contributed by atoms with E-state index in [0.717, 1.165) is 11.3 Å². The second-order valence-corrected chi connectivity index (χ2v) is 9.76. The highest BCUT2D eigenvalue weighted by molar-refractivity contribution is 7.91. The number of rotatable bonds is 4. The molecule has 2 aromatic rings. The first-order valence-electron chi connectivity index (χ1n) is 9.02. The molecule has 2 aromatic carbocycles. The van der Waals surface area contributed by atoms with Crippen LogP contribution in [0.25, 0.3) is 0 Å². The molecule has 4 rings (SSSR count). The minimum atomic E-state index is -3.24. The molecule has 2 fully saturated rings. The number of hydrogen-bond acceptors (Lipinski definition) is 5. The molecule has 0 radical (unpaired) electrons. The van der Waals surface area contributed by atoms with Gasteiger partial charge in [-0.15, -0.1) is 0 Å². The van der Waals surface area contributed by atoms with Gasteiger partial charge in [0.15, 0.2) is 9.84 Å². The Bertz CT molecular complexity index is 1010. The zero-order chi connectivity index (χ0) is 19.9. The summed E-state index contributed by atoms with van der Waals surface area (Å²) < 4.78 is 30.3. The fraction of sp³-hybridized carbons (Fsp3) is 0.350. The van der Waals surface area contributed by atoms with Gasteiger partial charge in [0.1, 0.15) is 5.75 Å². The molecule has 0 aromatic heterocycles. The number of nitrogens with zero attached hydrogens (tertiary/aromatic N) is 2. The second kappa shape index (κ2) is 7.39. The van der Waals surface area contributed by atoms with E-state index in [4.69, 9.17) is 16.3 Å². The summed E-state index contributed by atoms with van der Waals surface area (Å²) in [7, 11) is -1.64. The molecular weight excluding hydrogens is 400 g/mol. The van der Waals surface area contributed by atoms with Crippen molar-refractivity contribution in [3.8, 4) is 5.75 Å². The first-order chi connectivity index (χ1) is 13.4. The van der Waals surface area contributed by atoms with Gasteiger partial charge in [0, 0.05) is 28.9 Å². The monoisotopic (exact) mass is 420 g/mol. The Hall–Kier alpha value is -2.09. The number of halogens is 1. The van der Waals surface area contributed by atoms with Crippen LogP contribution in [-0.4, -0.2) is 56.5 Å². The smallest absolute Gasteiger partial charge is 0.241 e. The normalized spacial score (nSPS) is 24.2. The van der Waals surface area contributed by atoms with Gasteiger partial charge in [0.2, 0.25) is 5.91 Å². The highest BCUT2D eigenvalue weighted by atomic mass is 35.5. The number of carbonyl (C=O) groups excluding carboxylic acids is 1. The van der Waals surface area contributed by atoms with E-state index >= 15 is 0 Å². The maximum absolute atomic E-state index is 13.0. The first kappa shape index (κ1) is 19.2. The summed E-state index contributed by atoms with van der Waals surface area (Å²) in [6, 6.07) is 13.9. The van der Waals surface area contributed by atoms with Crippen LogP contribution >= 0.6 is 11.6 Å². The van der Waals surface area contributed by atoms with Gasteiger partial charge in [-0.2, -0.15) is 0 Å². The van der Waals surface area contributed by atoms with Crippen molar-refractivity contribution in [1.82, 2.24) is 4.90 Å². The van der Waals surface area contributed by atoms with Crippen molar-refractivity contribution >= 4 is 33.0 Å². The predicted octanol–water partition coefficient (Wildman–Crippen LogP) is 2.36. The molecule has 2 aliphatic heterocycles. The minimum Gasteiger partial charge on any atom is -0.496 e. The van der Waals surface area contributed by atoms with Crippen LogP contribution in [-0.2, 0) is 21.2 Å². The molecule has 8 heteroatoms. The lowest BCUT2D eigenvalue weighted by Gasteiger charge is -2.43. The number of methoxy groups -OCH3 is 1. The van der Waals surface area contributed by atoms with Crippen LogP contribution in [0.5, 0.6) is 5.75 Å². The van der Waals surface area contributed by atoms with Crippen molar-refractivity contribution in [2.75, 3.05) is 30.1 Å². The van der Waals surface area contributed by atoms with Gasteiger partial charge >= 0.3 is 0 Å². The topological polar surface area (TPSA) is 66.9 Å². The number of benzene rings is 2. The third-order valence-electron chi connectivity index (χ3n) is 5.35. The SMILES string of the molecule is COc1ccccc1CN1CC(=O)N(c2cccc(Cl)c2)[C@H]2CS(=O)(=O)C[C@@H]21. The molecular formula is C20H21ClN2O4S. The predicted molar refractivity (Wildman–Crippen MR) is 109 cm³/mol. The summed E-state index contributed by atoms with van der Waals surface area (Å²) in [5.41, 5.74) is 1.57. The summed E-state index contributed by atoms with van der Waals surface area (Å²) in [4.78, 5) is 16.6. The molecule has 0 aliphatic carbocycles. The maximum Gasteiger partial charge on any atom is 0.241 e. The summed E-state index contributed by atoms with van der Waals surface area (Å²) in [6.45, 7) is 0.594. The third-order valence-corrected chi connectivity index (χ3v) is 7.29. The maximum atomic E-state index is 13.0. The van der Waals surface area contributed by atoms with E-state index in [1.807, 2.05) is 29.2 Å². The quantitative estimate of drug-likeness (QED) is 0.759. The summed E-state index contributed by atoms with van der Waals surface area (Å²) >= 11 is 6.10. The molecule has 2 aliphatic rings. The van der Waals surface area contributed by atoms with Crippen LogP contribution in [0, 0.1) is 0 Å². The Kier molecular flexibility index (Phi) is 5.07. The summed E-state index contributed by atoms with van der Waals surface area (Å²) in [5, 5.41) is 0.513. The summed E-state index contributed by atoms with van der Waals surface area (Å²) in [6.07, 6.45) is 0. The van der Waals surface area contributed by atoms with E-state index in [1.54, 1.807) is 36.3 Å². The van der Waals surface area contributed by atoms with E-state index in [-0.39, 0.29) is 30.0 Å². The van der Waals surface area contributed by atoms with Crippen molar-refractivity contribution in [2.45, 2.75) is 18.6 Å². The van der Waals surface area contributed by atoms with Crippen LogP contribution in [0.1, 0.15) is 5.56 Å². The van der Waals surface area contributed by atoms with Crippen LogP contribution in [0.3, 0.4) is 0 Å². The van der Waals surface area contributed by atoms with E-state index in [1.165, 1.54) is 0 Å². The second-order valence-electron chi connectivity index (χ2n) is 7.17. The zero-order valence-electron chi connectivity index (χ0n) is 15.4. The van der Waals surface area contributed by atoms with Crippen LogP contribution < -0.4 is 9.64 Å². The Morgan fingerprint density at radius 3 is 2.61 bits per heavy atom. The van der Waals surface area contributed by atoms with Crippen molar-refractivity contribution in [2.24, 2.45) is 0 Å². The van der Waals surface area contributed by atoms with Crippen molar-refractivity contribution in [1.29, 1.82) is 0 Å². The Morgan fingerprint density at radius 1 is 1.11 bits per heavy atom. The van der Waals surface area contributed by atoms with Crippen molar-refractivity contribution < 1.29 is 17.9 Å². The van der Waals surface area contributed by atoms with Gasteiger partial charge in [-0.25, -0.2) is 8.42 Å². The molecule has 0 N–H and O–H groups in total. The molecule has 2 heterocycles. The highest BCUT2D eigenvalue weighted by Crippen LogP contribution is 2.34. The molecule has 0 unspecified atom stereocenters. The highest BCUT2D eigenvalue weighted by Gasteiger charge is 2.49. The van der Waals surface area contributed by atoms with E-state index < -0.39 is 15.9 Å². The number of fused-ring (bicyclic) bond motifs is 1. The first-order valence-corrected chi connectivity index (χ1v) is 11.2. The van der Waals surface area contributed by atoms with Crippen LogP contribution in [0.4, 0.5) is 5.69 Å². The molecule has 2 atom stereocenters. The van der Waals surface area contributed by atoms with Gasteiger partial charge in [-0.1, -0.05) is 35.9 Å². The third kappa shape index (κ3) is 3.62. The van der Waals surface area contributed by atoms with Gasteiger partial charge in [-0.05, 0) is 24.3 Å². The molecule has 148 valence electrons. The summed E-state index contributed by atoms with van der Waals surface area (Å²) in [5.74, 6) is 0.593. The fourth-order valence-electron chi connectivity index (χ4n) is 4.15. The van der Waals surface area contributed by atoms with Gasteiger partial charge in [-0.3, -0.25) is 9.69 Å². The molecule has 0 saturated carbocycles. The number of amides is 1. The number of piperazine rings is 1. The molecule has 28 heavy (non-hydrogen) atoms. The number of carbonyl (C=O) groups is 1. The molecule has 2 saturated heterocycles. The van der Waals surface area contributed by atoms with Crippen LogP contribution in [0.2, 0.25) is 5.02 Å². The van der Waals surface area contributed by atoms with Crippen molar-refractivity contribution in [3.05, 3.63) is 59.1 Å². The molecule has 6 nitrogen and oxygen atoms in total. The standard InChI is InChI=1S/C20H21ClN2O4S/c1-27-19-8-3-2-5-14(19)10-22-11-20(24)23(16-7-4-6-15(21)9-16)18-13-28(25,26)12-17(18)22/h2-9,17-18H,10-13H2,1H3/t17-,18-/m0/s1. The molecule has 1 amide bonds. The van der Waals surface area contributed by atoms with E-state index in [9.17, 15) is 13.2 Å². The van der Waals surface area contributed by atoms with Gasteiger partial charge in [0.25, 0.3) is 0 Å². The number of para-hydroxylation sites is 1. The van der Waals surface area contributed by atoms with E-state index in [0.29, 0.717) is 17.3 Å². The lowest BCUT2D eigenvalue weighted by molar-refractivity contribution is -0.123. The minimum absolute atomic E-state index is 0.0389. The fourth-order valence-corrected chi connectivity index (χ4v) is 6.31. The van der Waals surface area contributed by atoms with Gasteiger partial charge in [0.05, 0.1) is 31.2 Å². The van der Waals surface area contributed by atoms with Crippen LogP contribution in [0.15, 0.2) is 48.5 Å². The molecule has 0 bridgehead atoms. The number of anilines is 1. The Morgan fingerprint density at radius 2 is 1.86 bits per heavy atom. The number of sulfone groups is 1. The van der Waals surface area contributed by atoms with Crippen molar-refractivity contribution in [3.63, 3.8) is 0 Å². The lowest BCUT2D eigenvalue weighted by atomic mass is 10.0.